The standard InChI is InChI=1S/C67H67N5S/c1-5-9-23-48-35-39-61-57(43-48)58-44-49(24-10-6-2)36-40-62(58)71(61)66-68-65(69-67(70-66)72-63-41-37-50(25-11-7-3)45-59(63)60-46-51(26-12-8-4)38-42-64(60)72)52-27-22-34-56(47-52)73(53-28-16-13-17-29-53,54-30-18-14-19-31-54)55-32-20-15-21-33-55/h13-22,27-47H,5-12,23-26H2,1-4H3. The smallest absolute Gasteiger partial charge is 0.240 e. The molecule has 0 fully saturated rings. The number of rotatable bonds is 19. The van der Waals surface area contributed by atoms with Crippen molar-refractivity contribution in [1.29, 1.82) is 0 Å². The van der Waals surface area contributed by atoms with Crippen LogP contribution < -0.4 is 0 Å². The van der Waals surface area contributed by atoms with Crippen molar-refractivity contribution in [3.8, 4) is 23.3 Å². The molecular weight excluding hydrogens is 907 g/mol. The van der Waals surface area contributed by atoms with Crippen LogP contribution in [0.4, 0.5) is 0 Å². The Balaban J connectivity index is 1.21. The molecule has 0 spiro atoms. The Morgan fingerprint density at radius 1 is 0.329 bits per heavy atom. The summed E-state index contributed by atoms with van der Waals surface area (Å²) < 4.78 is 4.62. The molecule has 0 unspecified atom stereocenters. The Hall–Kier alpha value is -7.28. The molecule has 366 valence electrons. The van der Waals surface area contributed by atoms with Gasteiger partial charge in [0.05, 0.1) is 22.1 Å². The average molecular weight is 974 g/mol. The van der Waals surface area contributed by atoms with Crippen molar-refractivity contribution in [2.45, 2.75) is 124 Å². The average Bonchev–Trinajstić information content (AvgIpc) is 3.95. The van der Waals surface area contributed by atoms with Gasteiger partial charge < -0.3 is 0 Å². The lowest BCUT2D eigenvalue weighted by atomic mass is 10.0. The zero-order valence-corrected chi connectivity index (χ0v) is 43.8. The van der Waals surface area contributed by atoms with Gasteiger partial charge in [-0.25, -0.2) is 0 Å². The molecule has 8 aromatic carbocycles. The van der Waals surface area contributed by atoms with Crippen LogP contribution in [0.3, 0.4) is 0 Å². The molecule has 11 aromatic rings. The molecule has 0 atom stereocenters. The molecule has 3 aromatic heterocycles. The van der Waals surface area contributed by atoms with E-state index in [-0.39, 0.29) is 0 Å². The first-order valence-electron chi connectivity index (χ1n) is 27.0. The van der Waals surface area contributed by atoms with Gasteiger partial charge in [-0.2, -0.15) is 15.0 Å². The van der Waals surface area contributed by atoms with Crippen LogP contribution in [0.25, 0.3) is 66.9 Å². The van der Waals surface area contributed by atoms with Crippen LogP contribution in [0.1, 0.15) is 101 Å². The van der Waals surface area contributed by atoms with Crippen LogP contribution in [0, 0.1) is 0 Å². The SMILES string of the molecule is CCCCc1ccc2c(c1)c1cc(CCCC)ccc1n2-c1nc(-c2cccc(S(c3ccccc3)(c3ccccc3)c3ccccc3)c2)nc(-n2c3ccc(CCCC)cc3c3cc(CCCC)ccc32)n1. The van der Waals surface area contributed by atoms with E-state index >= 15 is 0 Å². The minimum absolute atomic E-state index is 0.606. The molecule has 3 heterocycles. The second-order valence-electron chi connectivity index (χ2n) is 19.8. The second-order valence-corrected chi connectivity index (χ2v) is 22.9. The van der Waals surface area contributed by atoms with E-state index in [1.165, 1.54) is 63.4 Å². The molecular formula is C67H67N5S. The van der Waals surface area contributed by atoms with Gasteiger partial charge in [-0.1, -0.05) is 144 Å². The van der Waals surface area contributed by atoms with Gasteiger partial charge in [0.2, 0.25) is 11.9 Å². The van der Waals surface area contributed by atoms with Gasteiger partial charge in [0.25, 0.3) is 0 Å². The van der Waals surface area contributed by atoms with Crippen LogP contribution in [0.2, 0.25) is 0 Å². The lowest BCUT2D eigenvalue weighted by Crippen LogP contribution is -2.10. The fourth-order valence-electron chi connectivity index (χ4n) is 11.0. The quantitative estimate of drug-likeness (QED) is 0.0811. The summed E-state index contributed by atoms with van der Waals surface area (Å²) in [7, 11) is -1.99. The first-order valence-corrected chi connectivity index (χ1v) is 28.6. The van der Waals surface area contributed by atoms with Gasteiger partial charge in [-0.15, -0.1) is 10.0 Å². The highest BCUT2D eigenvalue weighted by atomic mass is 32.3. The molecule has 0 N–H and O–H groups in total. The van der Waals surface area contributed by atoms with E-state index in [0.29, 0.717) is 17.7 Å². The highest BCUT2D eigenvalue weighted by Gasteiger charge is 2.34. The maximum Gasteiger partial charge on any atom is 0.240 e. The van der Waals surface area contributed by atoms with E-state index in [1.54, 1.807) is 0 Å². The van der Waals surface area contributed by atoms with Gasteiger partial charge in [0.15, 0.2) is 5.82 Å². The van der Waals surface area contributed by atoms with E-state index in [1.807, 2.05) is 0 Å². The lowest BCUT2D eigenvalue weighted by molar-refractivity contribution is 0.795. The molecule has 0 bridgehead atoms. The Morgan fingerprint density at radius 2 is 0.658 bits per heavy atom. The van der Waals surface area contributed by atoms with Crippen LogP contribution in [-0.4, -0.2) is 24.1 Å². The summed E-state index contributed by atoms with van der Waals surface area (Å²) in [5.41, 5.74) is 10.8. The number of hydrogen-bond donors (Lipinski definition) is 0. The lowest BCUT2D eigenvalue weighted by Gasteiger charge is -2.42. The van der Waals surface area contributed by atoms with Crippen molar-refractivity contribution in [3.63, 3.8) is 0 Å². The predicted octanol–water partition coefficient (Wildman–Crippen LogP) is 18.4. The number of benzene rings is 8. The van der Waals surface area contributed by atoms with Gasteiger partial charge in [0.1, 0.15) is 0 Å². The van der Waals surface area contributed by atoms with Crippen molar-refractivity contribution < 1.29 is 0 Å². The summed E-state index contributed by atoms with van der Waals surface area (Å²) in [6, 6.07) is 70.5. The molecule has 73 heavy (non-hydrogen) atoms. The zero-order valence-electron chi connectivity index (χ0n) is 43.0. The number of nitrogens with zero attached hydrogens (tertiary/aromatic N) is 5. The fourth-order valence-corrected chi connectivity index (χ4v) is 14.9. The number of aromatic nitrogens is 5. The van der Waals surface area contributed by atoms with Gasteiger partial charge in [-0.3, -0.25) is 9.13 Å². The number of unbranched alkanes of at least 4 members (excludes halogenated alkanes) is 4. The summed E-state index contributed by atoms with van der Waals surface area (Å²) in [4.78, 5) is 21.9. The van der Waals surface area contributed by atoms with Crippen LogP contribution in [-0.2, 0) is 25.7 Å². The van der Waals surface area contributed by atoms with Crippen LogP contribution in [0.5, 0.6) is 0 Å². The Morgan fingerprint density at radius 3 is 0.986 bits per heavy atom. The van der Waals surface area contributed by atoms with Crippen LogP contribution >= 0.6 is 10.0 Å². The molecule has 0 amide bonds. The van der Waals surface area contributed by atoms with E-state index < -0.39 is 10.0 Å². The maximum atomic E-state index is 5.66. The highest BCUT2D eigenvalue weighted by molar-refractivity contribution is 8.34. The molecule has 0 aliphatic rings. The molecule has 0 radical (unpaired) electrons. The topological polar surface area (TPSA) is 48.5 Å². The van der Waals surface area contributed by atoms with Crippen molar-refractivity contribution in [2.24, 2.45) is 0 Å². The zero-order chi connectivity index (χ0) is 49.7. The monoisotopic (exact) mass is 974 g/mol. The van der Waals surface area contributed by atoms with Gasteiger partial charge in [0, 0.05) is 46.7 Å². The third-order valence-corrected chi connectivity index (χ3v) is 18.7. The molecule has 11 rings (SSSR count). The summed E-state index contributed by atoms with van der Waals surface area (Å²) in [5.74, 6) is 1.84. The van der Waals surface area contributed by atoms with E-state index in [2.05, 4.69) is 225 Å². The number of fused-ring (bicyclic) bond motifs is 6. The Labute approximate surface area is 433 Å². The largest absolute Gasteiger partial charge is 0.278 e. The fraction of sp³-hybridized carbons (Fsp3) is 0.239. The third kappa shape index (κ3) is 9.16. The number of hydrogen-bond acceptors (Lipinski definition) is 3. The van der Waals surface area contributed by atoms with E-state index in [0.717, 1.165) is 105 Å². The van der Waals surface area contributed by atoms with E-state index in [4.69, 9.17) is 15.0 Å². The first-order chi connectivity index (χ1) is 36.0. The third-order valence-electron chi connectivity index (χ3n) is 14.8. The summed E-state index contributed by atoms with van der Waals surface area (Å²) >= 11 is 0. The molecule has 0 aliphatic carbocycles. The minimum atomic E-state index is -1.99. The number of aryl methyl sites for hydroxylation is 4. The highest BCUT2D eigenvalue weighted by Crippen LogP contribution is 2.73. The summed E-state index contributed by atoms with van der Waals surface area (Å²) in [6.45, 7) is 9.10. The second kappa shape index (κ2) is 21.4. The summed E-state index contributed by atoms with van der Waals surface area (Å²) in [6.07, 6.45) is 13.5. The van der Waals surface area contributed by atoms with Gasteiger partial charge in [-0.05, 0) is 171 Å². The molecule has 6 heteroatoms. The first kappa shape index (κ1) is 48.0. The maximum absolute atomic E-state index is 5.66. The minimum Gasteiger partial charge on any atom is -0.278 e. The van der Waals surface area contributed by atoms with Crippen molar-refractivity contribution >= 4 is 53.6 Å². The Bertz CT molecular complexity index is 3300. The van der Waals surface area contributed by atoms with Crippen LogP contribution in [0.15, 0.2) is 208 Å². The van der Waals surface area contributed by atoms with Gasteiger partial charge >= 0.3 is 0 Å². The molecule has 0 saturated heterocycles. The summed E-state index contributed by atoms with van der Waals surface area (Å²) in [5, 5.41) is 4.96. The normalized spacial score (nSPS) is 12.2. The predicted molar refractivity (Wildman–Crippen MR) is 308 cm³/mol. The van der Waals surface area contributed by atoms with Crippen molar-refractivity contribution in [3.05, 3.63) is 210 Å². The molecule has 0 saturated carbocycles. The van der Waals surface area contributed by atoms with E-state index in [9.17, 15) is 0 Å². The van der Waals surface area contributed by atoms with Crippen molar-refractivity contribution in [1.82, 2.24) is 24.1 Å². The van der Waals surface area contributed by atoms with Crippen molar-refractivity contribution in [2.75, 3.05) is 0 Å². The Kier molecular flexibility index (Phi) is 14.1. The molecule has 0 aliphatic heterocycles. The molecule has 5 nitrogen and oxygen atoms in total.